The molecule has 0 spiro atoms. The maximum Gasteiger partial charge on any atom is 0.254 e. The van der Waals surface area contributed by atoms with Gasteiger partial charge in [-0.2, -0.15) is 0 Å². The fourth-order valence-corrected chi connectivity index (χ4v) is 3.94. The molecule has 3 aliphatic heterocycles. The SMILES string of the molecule is O=C(c1ccncc1)N1C[C@H](OCC2CCOCC2)[C@H]2COC[C@H]21. The first-order valence-corrected chi connectivity index (χ1v) is 8.81. The third-order valence-electron chi connectivity index (χ3n) is 5.42. The topological polar surface area (TPSA) is 60.9 Å². The predicted octanol–water partition coefficient (Wildman–Crippen LogP) is 1.36. The van der Waals surface area contributed by atoms with Gasteiger partial charge in [-0.15, -0.1) is 0 Å². The second kappa shape index (κ2) is 7.17. The molecule has 0 unspecified atom stereocenters. The summed E-state index contributed by atoms with van der Waals surface area (Å²) in [6.45, 7) is 4.38. The van der Waals surface area contributed by atoms with E-state index in [1.54, 1.807) is 24.5 Å². The number of hydrogen-bond donors (Lipinski definition) is 0. The summed E-state index contributed by atoms with van der Waals surface area (Å²) in [6, 6.07) is 3.66. The van der Waals surface area contributed by atoms with E-state index in [-0.39, 0.29) is 24.0 Å². The number of nitrogens with zero attached hydrogens (tertiary/aromatic N) is 2. The van der Waals surface area contributed by atoms with Crippen molar-refractivity contribution in [1.82, 2.24) is 9.88 Å². The summed E-state index contributed by atoms with van der Waals surface area (Å²) in [5, 5.41) is 0. The number of carbonyl (C=O) groups excluding carboxylic acids is 1. The molecule has 3 aliphatic rings. The van der Waals surface area contributed by atoms with Gasteiger partial charge >= 0.3 is 0 Å². The lowest BCUT2D eigenvalue weighted by Crippen LogP contribution is -2.38. The Labute approximate surface area is 142 Å². The second-order valence-corrected chi connectivity index (χ2v) is 6.89. The van der Waals surface area contributed by atoms with Gasteiger partial charge in [0.1, 0.15) is 0 Å². The molecule has 0 aliphatic carbocycles. The van der Waals surface area contributed by atoms with Crippen molar-refractivity contribution in [2.24, 2.45) is 11.8 Å². The minimum atomic E-state index is 0.0510. The zero-order valence-corrected chi connectivity index (χ0v) is 13.8. The van der Waals surface area contributed by atoms with E-state index < -0.39 is 0 Å². The average molecular weight is 332 g/mol. The highest BCUT2D eigenvalue weighted by Crippen LogP contribution is 2.33. The number of fused-ring (bicyclic) bond motifs is 1. The van der Waals surface area contributed by atoms with Gasteiger partial charge in [0.15, 0.2) is 0 Å². The molecule has 3 atom stereocenters. The number of amides is 1. The van der Waals surface area contributed by atoms with Crippen LogP contribution in [0.5, 0.6) is 0 Å². The Kier molecular flexibility index (Phi) is 4.78. The van der Waals surface area contributed by atoms with E-state index in [2.05, 4.69) is 4.98 Å². The summed E-state index contributed by atoms with van der Waals surface area (Å²) >= 11 is 0. The molecular weight excluding hydrogens is 308 g/mol. The molecule has 4 rings (SSSR count). The van der Waals surface area contributed by atoms with Crippen molar-refractivity contribution in [3.05, 3.63) is 30.1 Å². The Hall–Kier alpha value is -1.50. The smallest absolute Gasteiger partial charge is 0.254 e. The van der Waals surface area contributed by atoms with Gasteiger partial charge in [-0.05, 0) is 30.9 Å². The van der Waals surface area contributed by atoms with Gasteiger partial charge in [0.05, 0.1) is 32.0 Å². The van der Waals surface area contributed by atoms with Gasteiger partial charge in [-0.1, -0.05) is 0 Å². The van der Waals surface area contributed by atoms with Crippen molar-refractivity contribution >= 4 is 5.91 Å². The minimum Gasteiger partial charge on any atom is -0.381 e. The van der Waals surface area contributed by atoms with Gasteiger partial charge in [-0.3, -0.25) is 9.78 Å². The van der Waals surface area contributed by atoms with Crippen LogP contribution in [-0.4, -0.2) is 67.5 Å². The van der Waals surface area contributed by atoms with Crippen molar-refractivity contribution in [1.29, 1.82) is 0 Å². The number of pyridine rings is 1. The van der Waals surface area contributed by atoms with E-state index in [0.29, 0.717) is 31.2 Å². The van der Waals surface area contributed by atoms with Crippen LogP contribution in [0.1, 0.15) is 23.2 Å². The molecule has 1 aromatic heterocycles. The Bertz CT molecular complexity index is 561. The van der Waals surface area contributed by atoms with Crippen LogP contribution in [0.2, 0.25) is 0 Å². The average Bonchev–Trinajstić information content (AvgIpc) is 3.24. The first kappa shape index (κ1) is 16.0. The molecule has 130 valence electrons. The fraction of sp³-hybridized carbons (Fsp3) is 0.667. The molecule has 4 heterocycles. The van der Waals surface area contributed by atoms with E-state index in [9.17, 15) is 4.79 Å². The van der Waals surface area contributed by atoms with E-state index in [0.717, 1.165) is 32.7 Å². The van der Waals surface area contributed by atoms with Crippen LogP contribution in [0.25, 0.3) is 0 Å². The summed E-state index contributed by atoms with van der Waals surface area (Å²) in [5.74, 6) is 0.912. The number of rotatable bonds is 4. The van der Waals surface area contributed by atoms with Crippen LogP contribution in [0, 0.1) is 11.8 Å². The molecular formula is C18H24N2O4. The van der Waals surface area contributed by atoms with E-state index in [1.807, 2.05) is 4.90 Å². The largest absolute Gasteiger partial charge is 0.381 e. The Balaban J connectivity index is 1.41. The molecule has 0 aromatic carbocycles. The molecule has 6 nitrogen and oxygen atoms in total. The lowest BCUT2D eigenvalue weighted by atomic mass is 10.00. The molecule has 1 aromatic rings. The third-order valence-corrected chi connectivity index (χ3v) is 5.42. The lowest BCUT2D eigenvalue weighted by Gasteiger charge is -2.25. The lowest BCUT2D eigenvalue weighted by molar-refractivity contribution is -0.0251. The highest BCUT2D eigenvalue weighted by molar-refractivity contribution is 5.94. The van der Waals surface area contributed by atoms with Crippen molar-refractivity contribution in [3.63, 3.8) is 0 Å². The van der Waals surface area contributed by atoms with Gasteiger partial charge in [0, 0.05) is 43.6 Å². The minimum absolute atomic E-state index is 0.0510. The summed E-state index contributed by atoms with van der Waals surface area (Å²) in [4.78, 5) is 18.7. The Morgan fingerprint density at radius 3 is 2.79 bits per heavy atom. The number of ether oxygens (including phenoxy) is 3. The summed E-state index contributed by atoms with van der Waals surface area (Å²) in [5.41, 5.74) is 0.681. The molecule has 24 heavy (non-hydrogen) atoms. The van der Waals surface area contributed by atoms with Gasteiger partial charge < -0.3 is 19.1 Å². The summed E-state index contributed by atoms with van der Waals surface area (Å²) in [7, 11) is 0. The molecule has 0 saturated carbocycles. The standard InChI is InChI=1S/C18H24N2O4/c21-18(14-1-5-19-6-2-14)20-9-17(15-11-23-12-16(15)20)24-10-13-3-7-22-8-4-13/h1-2,5-6,13,15-17H,3-4,7-12H2/t15-,16+,17-/m0/s1. The first-order chi connectivity index (χ1) is 11.8. The van der Waals surface area contributed by atoms with Crippen molar-refractivity contribution in [3.8, 4) is 0 Å². The Morgan fingerprint density at radius 1 is 1.21 bits per heavy atom. The van der Waals surface area contributed by atoms with Gasteiger partial charge in [-0.25, -0.2) is 0 Å². The third kappa shape index (κ3) is 3.18. The maximum absolute atomic E-state index is 12.8. The normalized spacial score (nSPS) is 30.5. The molecule has 0 radical (unpaired) electrons. The van der Waals surface area contributed by atoms with E-state index >= 15 is 0 Å². The first-order valence-electron chi connectivity index (χ1n) is 8.81. The van der Waals surface area contributed by atoms with Crippen LogP contribution < -0.4 is 0 Å². The number of carbonyl (C=O) groups is 1. The zero-order chi connectivity index (χ0) is 16.4. The quantitative estimate of drug-likeness (QED) is 0.833. The van der Waals surface area contributed by atoms with Gasteiger partial charge in [0.25, 0.3) is 5.91 Å². The molecule has 3 saturated heterocycles. The van der Waals surface area contributed by atoms with E-state index in [4.69, 9.17) is 14.2 Å². The number of hydrogen-bond acceptors (Lipinski definition) is 5. The highest BCUT2D eigenvalue weighted by Gasteiger charge is 2.48. The van der Waals surface area contributed by atoms with Crippen LogP contribution >= 0.6 is 0 Å². The summed E-state index contributed by atoms with van der Waals surface area (Å²) in [6.07, 6.45) is 5.52. The monoisotopic (exact) mass is 332 g/mol. The van der Waals surface area contributed by atoms with Crippen LogP contribution in [-0.2, 0) is 14.2 Å². The zero-order valence-electron chi connectivity index (χ0n) is 13.8. The van der Waals surface area contributed by atoms with Crippen LogP contribution in [0.3, 0.4) is 0 Å². The van der Waals surface area contributed by atoms with E-state index in [1.165, 1.54) is 0 Å². The van der Waals surface area contributed by atoms with Crippen molar-refractivity contribution in [2.75, 3.05) is 39.6 Å². The molecule has 6 heteroatoms. The number of aromatic nitrogens is 1. The van der Waals surface area contributed by atoms with Gasteiger partial charge in [0.2, 0.25) is 0 Å². The van der Waals surface area contributed by atoms with Crippen molar-refractivity contribution in [2.45, 2.75) is 25.0 Å². The Morgan fingerprint density at radius 2 is 2.00 bits per heavy atom. The number of likely N-dealkylation sites (tertiary alicyclic amines) is 1. The second-order valence-electron chi connectivity index (χ2n) is 6.89. The van der Waals surface area contributed by atoms with Crippen LogP contribution in [0.4, 0.5) is 0 Å². The molecule has 1 amide bonds. The predicted molar refractivity (Wildman–Crippen MR) is 86.7 cm³/mol. The maximum atomic E-state index is 12.8. The summed E-state index contributed by atoms with van der Waals surface area (Å²) < 4.78 is 17.3. The van der Waals surface area contributed by atoms with Crippen LogP contribution in [0.15, 0.2) is 24.5 Å². The van der Waals surface area contributed by atoms with Crippen molar-refractivity contribution < 1.29 is 19.0 Å². The fourth-order valence-electron chi connectivity index (χ4n) is 3.94. The molecule has 0 bridgehead atoms. The highest BCUT2D eigenvalue weighted by atomic mass is 16.5. The molecule has 0 N–H and O–H groups in total. The molecule has 3 fully saturated rings.